The molecule has 2 N–H and O–H groups in total. The quantitative estimate of drug-likeness (QED) is 0.347. The van der Waals surface area contributed by atoms with Crippen LogP contribution in [0, 0.1) is 10.8 Å². The Balaban J connectivity index is 1.48. The number of hydrogen-bond acceptors (Lipinski definition) is 5. The average molecular weight is 657 g/mol. The van der Waals surface area contributed by atoms with Crippen LogP contribution in [0.25, 0.3) is 0 Å². The topological polar surface area (TPSA) is 92.7 Å². The summed E-state index contributed by atoms with van der Waals surface area (Å²) in [5.74, 6) is -0.609. The van der Waals surface area contributed by atoms with Crippen molar-refractivity contribution in [3.05, 3.63) is 84.6 Å². The van der Waals surface area contributed by atoms with Gasteiger partial charge >= 0.3 is 5.97 Å². The highest BCUT2D eigenvalue weighted by atomic mass is 79.9. The minimum absolute atomic E-state index is 0.0924. The van der Waals surface area contributed by atoms with E-state index >= 15 is 0 Å². The summed E-state index contributed by atoms with van der Waals surface area (Å²) in [6.45, 7) is 8.70. The fourth-order valence-electron chi connectivity index (χ4n) is 6.02. The Kier molecular flexibility index (Phi) is 7.17. The summed E-state index contributed by atoms with van der Waals surface area (Å²) >= 11 is 6.95. The summed E-state index contributed by atoms with van der Waals surface area (Å²) < 4.78 is 7.25. The van der Waals surface area contributed by atoms with Crippen LogP contribution in [0.3, 0.4) is 0 Å². The second-order valence-electron chi connectivity index (χ2n) is 12.3. The molecule has 0 spiro atoms. The fourth-order valence-corrected chi connectivity index (χ4v) is 7.13. The van der Waals surface area contributed by atoms with Crippen molar-refractivity contribution in [3.8, 4) is 5.75 Å². The Hall–Kier alpha value is -2.71. The van der Waals surface area contributed by atoms with E-state index in [-0.39, 0.29) is 34.6 Å². The zero-order chi connectivity index (χ0) is 28.3. The molecule has 204 valence electrons. The third-order valence-corrected chi connectivity index (χ3v) is 8.94. The van der Waals surface area contributed by atoms with Gasteiger partial charge in [-0.15, -0.1) is 0 Å². The van der Waals surface area contributed by atoms with Gasteiger partial charge in [-0.25, -0.2) is 4.79 Å². The first-order valence-corrected chi connectivity index (χ1v) is 14.6. The summed E-state index contributed by atoms with van der Waals surface area (Å²) in [5, 5.41) is 12.8. The number of dihydropyridines is 1. The first-order chi connectivity index (χ1) is 18.2. The van der Waals surface area contributed by atoms with Gasteiger partial charge in [0.15, 0.2) is 11.6 Å². The molecule has 0 saturated carbocycles. The molecule has 0 amide bonds. The Bertz CT molecular complexity index is 1430. The number of carbonyl (C=O) groups excluding carboxylic acids is 2. The Morgan fingerprint density at radius 3 is 2.00 bits per heavy atom. The van der Waals surface area contributed by atoms with Crippen LogP contribution in [0.5, 0.6) is 5.75 Å². The van der Waals surface area contributed by atoms with Crippen molar-refractivity contribution in [3.63, 3.8) is 0 Å². The summed E-state index contributed by atoms with van der Waals surface area (Å²) in [5.41, 5.74) is 4.91. The molecule has 0 saturated heterocycles. The minimum Gasteiger partial charge on any atom is -0.488 e. The Morgan fingerprint density at radius 2 is 1.49 bits per heavy atom. The van der Waals surface area contributed by atoms with Crippen LogP contribution in [-0.4, -0.2) is 22.6 Å². The standard InChI is InChI=1S/C31H31Br2NO5/c1-30(2)11-21-27(23(35)13-30)26(28-22(34-21)12-31(3,4)14-24(28)36)17-6-8-25(20(33)10-17)39-15-16-5-7-18(29(37)38)19(32)9-16/h5-10,26,34H,11-15H2,1-4H3,(H,37,38). The molecule has 1 aliphatic heterocycles. The predicted octanol–water partition coefficient (Wildman–Crippen LogP) is 7.46. The van der Waals surface area contributed by atoms with Crippen molar-refractivity contribution < 1.29 is 24.2 Å². The molecule has 2 aromatic carbocycles. The number of rotatable bonds is 5. The van der Waals surface area contributed by atoms with E-state index in [1.807, 2.05) is 18.2 Å². The number of hydrogen-bond donors (Lipinski definition) is 2. The third-order valence-electron chi connectivity index (χ3n) is 7.67. The summed E-state index contributed by atoms with van der Waals surface area (Å²) in [6.07, 6.45) is 2.42. The van der Waals surface area contributed by atoms with E-state index in [4.69, 9.17) is 4.74 Å². The maximum atomic E-state index is 13.5. The van der Waals surface area contributed by atoms with Gasteiger partial charge in [-0.1, -0.05) is 39.8 Å². The number of ketones is 2. The lowest BCUT2D eigenvalue weighted by molar-refractivity contribution is -0.119. The number of Topliss-reactive ketones (excluding diaryl/α,β-unsaturated/α-hetero) is 2. The van der Waals surface area contributed by atoms with Crippen molar-refractivity contribution in [1.82, 2.24) is 5.32 Å². The van der Waals surface area contributed by atoms with Crippen molar-refractivity contribution in [2.24, 2.45) is 10.8 Å². The monoisotopic (exact) mass is 655 g/mol. The van der Waals surface area contributed by atoms with Gasteiger partial charge in [0.1, 0.15) is 12.4 Å². The number of allylic oxidation sites excluding steroid dienone is 4. The highest BCUT2D eigenvalue weighted by Crippen LogP contribution is 2.51. The molecule has 8 heteroatoms. The third kappa shape index (κ3) is 5.50. The second-order valence-corrected chi connectivity index (χ2v) is 14.0. The van der Waals surface area contributed by atoms with Crippen LogP contribution in [0.15, 0.2) is 67.9 Å². The first kappa shape index (κ1) is 27.8. The molecule has 39 heavy (non-hydrogen) atoms. The van der Waals surface area contributed by atoms with E-state index in [0.29, 0.717) is 34.2 Å². The number of halogens is 2. The molecular weight excluding hydrogens is 626 g/mol. The number of ether oxygens (including phenoxy) is 1. The van der Waals surface area contributed by atoms with Gasteiger partial charge in [-0.2, -0.15) is 0 Å². The molecule has 0 unspecified atom stereocenters. The summed E-state index contributed by atoms with van der Waals surface area (Å²) in [7, 11) is 0. The Labute approximate surface area is 245 Å². The van der Waals surface area contributed by atoms with Crippen LogP contribution in [-0.2, 0) is 16.2 Å². The predicted molar refractivity (Wildman–Crippen MR) is 156 cm³/mol. The van der Waals surface area contributed by atoms with Crippen molar-refractivity contribution in [2.75, 3.05) is 0 Å². The largest absolute Gasteiger partial charge is 0.488 e. The van der Waals surface area contributed by atoms with Gasteiger partial charge in [-0.3, -0.25) is 9.59 Å². The zero-order valence-corrected chi connectivity index (χ0v) is 25.6. The first-order valence-electron chi connectivity index (χ1n) is 13.0. The minimum atomic E-state index is -0.998. The second kappa shape index (κ2) is 10.0. The van der Waals surface area contributed by atoms with Crippen molar-refractivity contribution >= 4 is 49.4 Å². The maximum absolute atomic E-state index is 13.5. The molecule has 6 nitrogen and oxygen atoms in total. The van der Waals surface area contributed by atoms with Crippen molar-refractivity contribution in [1.29, 1.82) is 0 Å². The van der Waals surface area contributed by atoms with Crippen LogP contribution < -0.4 is 10.1 Å². The van der Waals surface area contributed by atoms with E-state index < -0.39 is 11.9 Å². The highest BCUT2D eigenvalue weighted by Gasteiger charge is 2.46. The zero-order valence-electron chi connectivity index (χ0n) is 22.4. The van der Waals surface area contributed by atoms with E-state index in [2.05, 4.69) is 64.9 Å². The smallest absolute Gasteiger partial charge is 0.336 e. The normalized spacial score (nSPS) is 20.4. The average Bonchev–Trinajstić information content (AvgIpc) is 2.80. The van der Waals surface area contributed by atoms with Gasteiger partial charge in [-0.05, 0) is 90.9 Å². The van der Waals surface area contributed by atoms with Crippen LogP contribution in [0.4, 0.5) is 0 Å². The molecule has 2 aliphatic carbocycles. The molecule has 3 aliphatic rings. The fraction of sp³-hybridized carbons (Fsp3) is 0.387. The summed E-state index contributed by atoms with van der Waals surface area (Å²) in [6, 6.07) is 10.7. The molecule has 2 aromatic rings. The number of carboxylic acid groups (broad SMARTS) is 1. The number of nitrogens with one attached hydrogen (secondary N) is 1. The maximum Gasteiger partial charge on any atom is 0.336 e. The highest BCUT2D eigenvalue weighted by molar-refractivity contribution is 9.10. The lowest BCUT2D eigenvalue weighted by Crippen LogP contribution is -2.42. The molecule has 0 fully saturated rings. The molecule has 0 bridgehead atoms. The van der Waals surface area contributed by atoms with Gasteiger partial charge in [0, 0.05) is 45.8 Å². The van der Waals surface area contributed by atoms with Gasteiger partial charge < -0.3 is 15.2 Å². The lowest BCUT2D eigenvalue weighted by atomic mass is 9.64. The van der Waals surface area contributed by atoms with Gasteiger partial charge in [0.2, 0.25) is 0 Å². The van der Waals surface area contributed by atoms with Gasteiger partial charge in [0.05, 0.1) is 10.0 Å². The van der Waals surface area contributed by atoms with Crippen LogP contribution >= 0.6 is 31.9 Å². The van der Waals surface area contributed by atoms with Crippen LogP contribution in [0.1, 0.15) is 80.8 Å². The molecule has 0 radical (unpaired) electrons. The molecule has 0 atom stereocenters. The lowest BCUT2D eigenvalue weighted by Gasteiger charge is -2.44. The van der Waals surface area contributed by atoms with Crippen molar-refractivity contribution in [2.45, 2.75) is 65.9 Å². The van der Waals surface area contributed by atoms with E-state index in [9.17, 15) is 19.5 Å². The van der Waals surface area contributed by atoms with E-state index in [0.717, 1.165) is 39.8 Å². The number of carboxylic acids is 1. The number of carbonyl (C=O) groups is 3. The molecule has 0 aromatic heterocycles. The van der Waals surface area contributed by atoms with Gasteiger partial charge in [0.25, 0.3) is 0 Å². The molecule has 1 heterocycles. The Morgan fingerprint density at radius 1 is 0.897 bits per heavy atom. The summed E-state index contributed by atoms with van der Waals surface area (Å²) in [4.78, 5) is 38.3. The van der Waals surface area contributed by atoms with Crippen LogP contribution in [0.2, 0.25) is 0 Å². The molecular formula is C31H31Br2NO5. The number of benzene rings is 2. The number of aromatic carboxylic acids is 1. The van der Waals surface area contributed by atoms with E-state index in [1.165, 1.54) is 0 Å². The SMILES string of the molecule is CC1(C)CC(=O)C2=C(C1)NC1=C(C(=O)CC(C)(C)C1)C2c1ccc(OCc2ccc(C(=O)O)c(Br)c2)c(Br)c1. The molecule has 5 rings (SSSR count). The van der Waals surface area contributed by atoms with E-state index in [1.54, 1.807) is 18.2 Å².